The summed E-state index contributed by atoms with van der Waals surface area (Å²) in [6.45, 7) is 0. The van der Waals surface area contributed by atoms with Crippen LogP contribution in [0.1, 0.15) is 36.3 Å². The topological polar surface area (TPSA) is 102 Å². The zero-order valence-electron chi connectivity index (χ0n) is 15.5. The third-order valence-electron chi connectivity index (χ3n) is 4.89. The van der Waals surface area contributed by atoms with Gasteiger partial charge < -0.3 is 9.26 Å². The number of amides is 1. The molecule has 2 heterocycles. The van der Waals surface area contributed by atoms with Gasteiger partial charge in [0.1, 0.15) is 5.75 Å². The first-order chi connectivity index (χ1) is 13.7. The van der Waals surface area contributed by atoms with E-state index in [1.165, 1.54) is 11.1 Å². The fraction of sp³-hybridized carbons (Fsp3) is 0.300. The Balaban J connectivity index is 1.35. The van der Waals surface area contributed by atoms with E-state index in [4.69, 9.17) is 9.26 Å². The van der Waals surface area contributed by atoms with E-state index in [0.717, 1.165) is 30.6 Å². The molecule has 1 aromatic carbocycles. The van der Waals surface area contributed by atoms with E-state index in [1.54, 1.807) is 31.6 Å². The number of aryl methyl sites for hydroxylation is 1. The summed E-state index contributed by atoms with van der Waals surface area (Å²) >= 11 is 0. The summed E-state index contributed by atoms with van der Waals surface area (Å²) < 4.78 is 10.4. The van der Waals surface area contributed by atoms with E-state index in [0.29, 0.717) is 12.2 Å². The highest BCUT2D eigenvalue weighted by Crippen LogP contribution is 2.35. The Labute approximate surface area is 162 Å². The molecule has 0 spiro atoms. The van der Waals surface area contributed by atoms with Gasteiger partial charge in [0.25, 0.3) is 0 Å². The fourth-order valence-electron chi connectivity index (χ4n) is 3.52. The predicted molar refractivity (Wildman–Crippen MR) is 103 cm³/mol. The van der Waals surface area contributed by atoms with E-state index < -0.39 is 0 Å². The quantitative estimate of drug-likeness (QED) is 0.635. The zero-order valence-corrected chi connectivity index (χ0v) is 15.5. The number of hydrazine groups is 1. The highest BCUT2D eigenvalue weighted by atomic mass is 16.5. The third-order valence-corrected chi connectivity index (χ3v) is 4.89. The molecule has 0 fully saturated rings. The van der Waals surface area contributed by atoms with Gasteiger partial charge in [-0.15, -0.1) is 0 Å². The largest absolute Gasteiger partial charge is 0.497 e. The van der Waals surface area contributed by atoms with E-state index in [2.05, 4.69) is 38.1 Å². The van der Waals surface area contributed by atoms with Crippen LogP contribution < -0.4 is 15.6 Å². The number of hydrogen-bond donors (Lipinski definition) is 2. The van der Waals surface area contributed by atoms with Crippen LogP contribution in [-0.4, -0.2) is 28.1 Å². The van der Waals surface area contributed by atoms with E-state index in [-0.39, 0.29) is 17.8 Å². The first-order valence-corrected chi connectivity index (χ1v) is 9.18. The second-order valence-electron chi connectivity index (χ2n) is 6.69. The average Bonchev–Trinajstić information content (AvgIpc) is 3.22. The number of aromatic nitrogens is 3. The van der Waals surface area contributed by atoms with Crippen molar-refractivity contribution < 1.29 is 14.1 Å². The monoisotopic (exact) mass is 379 g/mol. The van der Waals surface area contributed by atoms with Crippen LogP contribution in [0.15, 0.2) is 47.2 Å². The first-order valence-electron chi connectivity index (χ1n) is 9.18. The number of hydrogen-bond acceptors (Lipinski definition) is 7. The molecule has 1 aliphatic carbocycles. The SMILES string of the molecule is COc1ccc2c(c1)CCCC2CC(=O)NNc1nc(-c2ccncc2)no1. The highest BCUT2D eigenvalue weighted by molar-refractivity contribution is 5.78. The molecule has 28 heavy (non-hydrogen) atoms. The minimum atomic E-state index is -0.127. The van der Waals surface area contributed by atoms with Gasteiger partial charge in [-0.3, -0.25) is 15.2 Å². The van der Waals surface area contributed by atoms with Gasteiger partial charge in [0.05, 0.1) is 7.11 Å². The molecule has 8 heteroatoms. The number of rotatable bonds is 6. The number of nitrogens with one attached hydrogen (secondary N) is 2. The Bertz CT molecular complexity index is 957. The second-order valence-corrected chi connectivity index (χ2v) is 6.69. The van der Waals surface area contributed by atoms with Gasteiger partial charge in [0.15, 0.2) is 0 Å². The van der Waals surface area contributed by atoms with Gasteiger partial charge in [0, 0.05) is 24.4 Å². The maximum atomic E-state index is 12.4. The number of pyridine rings is 1. The van der Waals surface area contributed by atoms with Gasteiger partial charge in [-0.25, -0.2) is 5.43 Å². The molecule has 0 saturated heterocycles. The molecule has 1 aliphatic rings. The molecule has 0 bridgehead atoms. The molecule has 1 amide bonds. The number of ether oxygens (including phenoxy) is 1. The Morgan fingerprint density at radius 1 is 1.29 bits per heavy atom. The van der Waals surface area contributed by atoms with Crippen LogP contribution in [-0.2, 0) is 11.2 Å². The van der Waals surface area contributed by atoms with Crippen molar-refractivity contribution >= 4 is 11.9 Å². The van der Waals surface area contributed by atoms with Crippen molar-refractivity contribution in [3.63, 3.8) is 0 Å². The van der Waals surface area contributed by atoms with Crippen LogP contribution in [0.4, 0.5) is 6.01 Å². The molecule has 3 aromatic rings. The first kappa shape index (κ1) is 18.0. The van der Waals surface area contributed by atoms with Crippen LogP contribution in [0.5, 0.6) is 5.75 Å². The fourth-order valence-corrected chi connectivity index (χ4v) is 3.52. The molecule has 0 saturated carbocycles. The Morgan fingerprint density at radius 2 is 2.14 bits per heavy atom. The lowest BCUT2D eigenvalue weighted by Gasteiger charge is -2.25. The van der Waals surface area contributed by atoms with Crippen LogP contribution in [0.3, 0.4) is 0 Å². The van der Waals surface area contributed by atoms with Crippen molar-refractivity contribution in [2.24, 2.45) is 0 Å². The number of nitrogens with zero attached hydrogens (tertiary/aromatic N) is 3. The van der Waals surface area contributed by atoms with Gasteiger partial charge in [-0.05, 0) is 60.6 Å². The van der Waals surface area contributed by atoms with Crippen LogP contribution >= 0.6 is 0 Å². The maximum Gasteiger partial charge on any atom is 0.340 e. The molecule has 2 N–H and O–H groups in total. The molecular formula is C20H21N5O3. The third kappa shape index (κ3) is 3.95. The number of benzene rings is 1. The molecule has 2 aromatic heterocycles. The summed E-state index contributed by atoms with van der Waals surface area (Å²) in [6, 6.07) is 9.78. The van der Waals surface area contributed by atoms with Crippen molar-refractivity contribution in [3.05, 3.63) is 53.9 Å². The van der Waals surface area contributed by atoms with Crippen molar-refractivity contribution in [2.75, 3.05) is 12.5 Å². The molecule has 4 rings (SSSR count). The van der Waals surface area contributed by atoms with E-state index in [9.17, 15) is 4.79 Å². The van der Waals surface area contributed by atoms with E-state index in [1.807, 2.05) is 6.07 Å². The molecular weight excluding hydrogens is 358 g/mol. The average molecular weight is 379 g/mol. The lowest BCUT2D eigenvalue weighted by atomic mass is 9.81. The van der Waals surface area contributed by atoms with Gasteiger partial charge in [0.2, 0.25) is 11.7 Å². The number of anilines is 1. The van der Waals surface area contributed by atoms with Crippen LogP contribution in [0.25, 0.3) is 11.4 Å². The molecule has 0 radical (unpaired) electrons. The summed E-state index contributed by atoms with van der Waals surface area (Å²) in [5, 5.41) is 3.89. The van der Waals surface area contributed by atoms with Crippen molar-refractivity contribution in [1.29, 1.82) is 0 Å². The standard InChI is InChI=1S/C20H21N5O3/c1-27-16-5-6-17-14(11-16)3-2-4-15(17)12-18(26)23-24-20-22-19(25-28-20)13-7-9-21-10-8-13/h5-11,15H,2-4,12H2,1H3,(H,23,26)(H,22,24,25). The second kappa shape index (κ2) is 8.08. The molecule has 1 atom stereocenters. The Hall–Kier alpha value is -3.42. The minimum Gasteiger partial charge on any atom is -0.497 e. The van der Waals surface area contributed by atoms with E-state index >= 15 is 0 Å². The number of fused-ring (bicyclic) bond motifs is 1. The predicted octanol–water partition coefficient (Wildman–Crippen LogP) is 3.09. The minimum absolute atomic E-state index is 0.127. The summed E-state index contributed by atoms with van der Waals surface area (Å²) in [4.78, 5) is 20.6. The summed E-state index contributed by atoms with van der Waals surface area (Å²) in [7, 11) is 1.67. The lowest BCUT2D eigenvalue weighted by Crippen LogP contribution is -2.31. The van der Waals surface area contributed by atoms with Crippen molar-refractivity contribution in [2.45, 2.75) is 31.6 Å². The van der Waals surface area contributed by atoms with Gasteiger partial charge in [-0.1, -0.05) is 11.2 Å². The van der Waals surface area contributed by atoms with Gasteiger partial charge >= 0.3 is 6.01 Å². The molecule has 1 unspecified atom stereocenters. The lowest BCUT2D eigenvalue weighted by molar-refractivity contribution is -0.121. The summed E-state index contributed by atoms with van der Waals surface area (Å²) in [6.07, 6.45) is 6.75. The molecule has 144 valence electrons. The smallest absolute Gasteiger partial charge is 0.340 e. The number of methoxy groups -OCH3 is 1. The molecule has 0 aliphatic heterocycles. The van der Waals surface area contributed by atoms with Crippen molar-refractivity contribution in [3.8, 4) is 17.1 Å². The summed E-state index contributed by atoms with van der Waals surface area (Å²) in [5.74, 6) is 1.34. The van der Waals surface area contributed by atoms with Crippen molar-refractivity contribution in [1.82, 2.24) is 20.6 Å². The number of carbonyl (C=O) groups is 1. The highest BCUT2D eigenvalue weighted by Gasteiger charge is 2.23. The van der Waals surface area contributed by atoms with Gasteiger partial charge in [-0.2, -0.15) is 4.98 Å². The molecule has 8 nitrogen and oxygen atoms in total. The number of carbonyl (C=O) groups excluding carboxylic acids is 1. The Kier molecular flexibility index (Phi) is 5.18. The van der Waals surface area contributed by atoms with Crippen LogP contribution in [0.2, 0.25) is 0 Å². The normalized spacial score (nSPS) is 15.5. The maximum absolute atomic E-state index is 12.4. The zero-order chi connectivity index (χ0) is 19.3. The summed E-state index contributed by atoms with van der Waals surface area (Å²) in [5.41, 5.74) is 8.60. The van der Waals surface area contributed by atoms with Crippen LogP contribution in [0, 0.1) is 0 Å². The Morgan fingerprint density at radius 3 is 2.96 bits per heavy atom.